The van der Waals surface area contributed by atoms with Crippen LogP contribution in [0.4, 0.5) is 0 Å². The number of nitrogens with one attached hydrogen (secondary N) is 1. The summed E-state index contributed by atoms with van der Waals surface area (Å²) in [5, 5.41) is 4.77. The monoisotopic (exact) mass is 270 g/mol. The predicted octanol–water partition coefficient (Wildman–Crippen LogP) is -2.55. The third-order valence-electron chi connectivity index (χ3n) is 3.63. The Bertz CT molecular complexity index is 557. The van der Waals surface area contributed by atoms with E-state index in [-0.39, 0.29) is 32.8 Å². The van der Waals surface area contributed by atoms with Gasteiger partial charge in [-0.05, 0) is 19.6 Å². The van der Waals surface area contributed by atoms with Crippen LogP contribution in [0.3, 0.4) is 0 Å². The summed E-state index contributed by atoms with van der Waals surface area (Å²) in [7, 11) is 3.96. The second-order valence-electron chi connectivity index (χ2n) is 4.89. The molecule has 2 aromatic carbocycles. The summed E-state index contributed by atoms with van der Waals surface area (Å²) in [4.78, 5) is 4.19. The molecule has 0 amide bonds. The number of hydrogen-bond donors (Lipinski definition) is 1. The fourth-order valence-electron chi connectivity index (χ4n) is 2.70. The second-order valence-corrected chi connectivity index (χ2v) is 4.89. The Labute approximate surface area is 139 Å². The van der Waals surface area contributed by atoms with Crippen molar-refractivity contribution in [1.29, 1.82) is 0 Å². The number of hydrogen-bond acceptors (Lipinski definition) is 3. The van der Waals surface area contributed by atoms with Gasteiger partial charge in [0.25, 0.3) is 0 Å². The molecule has 0 spiro atoms. The molecule has 1 aliphatic rings. The zero-order valence-corrected chi connectivity index (χ0v) is 12.8. The van der Waals surface area contributed by atoms with Crippen molar-refractivity contribution in [1.82, 2.24) is 15.2 Å². The van der Waals surface area contributed by atoms with E-state index in [9.17, 15) is 0 Å². The van der Waals surface area contributed by atoms with Crippen LogP contribution in [0.2, 0.25) is 0 Å². The molecule has 0 aliphatic carbocycles. The topological polar surface area (TPSA) is 32.6 Å². The molecule has 0 unspecified atom stereocenters. The second kappa shape index (κ2) is 7.32. The molecule has 1 fully saturated rings. The van der Waals surface area contributed by atoms with Gasteiger partial charge in [0.1, 0.15) is 6.98 Å². The van der Waals surface area contributed by atoms with Crippen LogP contribution in [0.5, 0.6) is 0 Å². The van der Waals surface area contributed by atoms with Crippen molar-refractivity contribution in [3.63, 3.8) is 0 Å². The Morgan fingerprint density at radius 3 is 1.95 bits per heavy atom. The molecule has 21 heavy (non-hydrogen) atoms. The minimum Gasteiger partial charge on any atom is -0.611 e. The number of rotatable bonds is 3. The SMILES string of the molecule is CNN1B(c2ccccc2)[N-]N(C)B1c1ccccc1.[Li+]. The summed E-state index contributed by atoms with van der Waals surface area (Å²) in [5.41, 5.74) is 5.70. The molecule has 4 nitrogen and oxygen atoms in total. The van der Waals surface area contributed by atoms with E-state index in [1.807, 2.05) is 31.1 Å². The number of nitrogens with zero attached hydrogens (tertiary/aromatic N) is 3. The predicted molar refractivity (Wildman–Crippen MR) is 85.7 cm³/mol. The average molecular weight is 270 g/mol. The third-order valence-corrected chi connectivity index (χ3v) is 3.63. The zero-order valence-electron chi connectivity index (χ0n) is 12.8. The Kier molecular flexibility index (Phi) is 5.71. The first-order valence-corrected chi connectivity index (χ1v) is 6.80. The first-order chi connectivity index (χ1) is 9.81. The molecule has 0 atom stereocenters. The molecule has 2 aromatic rings. The normalized spacial score (nSPS) is 16.1. The van der Waals surface area contributed by atoms with E-state index < -0.39 is 0 Å². The molecule has 0 saturated carbocycles. The van der Waals surface area contributed by atoms with E-state index >= 15 is 0 Å². The first-order valence-electron chi connectivity index (χ1n) is 6.80. The first kappa shape index (κ1) is 16.4. The molecule has 100 valence electrons. The molecule has 0 aromatic heterocycles. The largest absolute Gasteiger partial charge is 1.00 e. The van der Waals surface area contributed by atoms with Crippen LogP contribution in [-0.4, -0.2) is 37.8 Å². The number of benzene rings is 2. The molecular formula is C14H17B2LiN4. The van der Waals surface area contributed by atoms with Gasteiger partial charge in [0, 0.05) is 0 Å². The van der Waals surface area contributed by atoms with Gasteiger partial charge in [-0.25, -0.2) is 0 Å². The minimum atomic E-state index is -0.00333. The molecule has 0 radical (unpaired) electrons. The summed E-state index contributed by atoms with van der Waals surface area (Å²) >= 11 is 0. The molecule has 3 rings (SSSR count). The molecule has 1 aliphatic heterocycles. The van der Waals surface area contributed by atoms with E-state index in [1.54, 1.807) is 0 Å². The summed E-state index contributed by atoms with van der Waals surface area (Å²) in [6.07, 6.45) is 0. The van der Waals surface area contributed by atoms with E-state index in [4.69, 9.17) is 5.34 Å². The maximum absolute atomic E-state index is 4.77. The van der Waals surface area contributed by atoms with Crippen LogP contribution in [0, 0.1) is 0 Å². The third kappa shape index (κ3) is 3.27. The Morgan fingerprint density at radius 2 is 1.43 bits per heavy atom. The maximum atomic E-state index is 4.77. The van der Waals surface area contributed by atoms with Crippen LogP contribution in [-0.2, 0) is 0 Å². The van der Waals surface area contributed by atoms with Gasteiger partial charge >= 0.3 is 25.8 Å². The Morgan fingerprint density at radius 1 is 0.905 bits per heavy atom. The molecule has 7 heteroatoms. The summed E-state index contributed by atoms with van der Waals surface area (Å²) < 4.78 is 0. The van der Waals surface area contributed by atoms with E-state index in [0.29, 0.717) is 0 Å². The summed E-state index contributed by atoms with van der Waals surface area (Å²) in [6.45, 7) is 0.0998. The fraction of sp³-hybridized carbons (Fsp3) is 0.143. The molecule has 1 heterocycles. The van der Waals surface area contributed by atoms with Crippen molar-refractivity contribution in [3.05, 3.63) is 66.0 Å². The molecule has 1 N–H and O–H groups in total. The molecule has 1 saturated heterocycles. The molecule has 0 bridgehead atoms. The van der Waals surface area contributed by atoms with Crippen molar-refractivity contribution < 1.29 is 18.9 Å². The van der Waals surface area contributed by atoms with Crippen molar-refractivity contribution >= 4 is 24.9 Å². The van der Waals surface area contributed by atoms with Crippen LogP contribution in [0.15, 0.2) is 60.7 Å². The van der Waals surface area contributed by atoms with Gasteiger partial charge in [-0.2, -0.15) is 0 Å². The van der Waals surface area contributed by atoms with Gasteiger partial charge in [0.05, 0.1) is 0 Å². The standard InChI is InChI=1S/C14H17B2N4.Li/c1-17-20-15(13-9-5-3-6-10-13)18-19(2)16(20)14-11-7-4-8-12-14;/h3-12,17H,1-2H3;/q-1;+1. The Hall–Kier alpha value is -0.993. The minimum absolute atomic E-state index is 0. The Balaban J connectivity index is 0.00000161. The van der Waals surface area contributed by atoms with Crippen LogP contribution in [0.1, 0.15) is 0 Å². The van der Waals surface area contributed by atoms with Crippen molar-refractivity contribution in [3.8, 4) is 0 Å². The van der Waals surface area contributed by atoms with E-state index in [1.165, 1.54) is 10.9 Å². The van der Waals surface area contributed by atoms with E-state index in [2.05, 4.69) is 58.8 Å². The van der Waals surface area contributed by atoms with E-state index in [0.717, 1.165) is 0 Å². The van der Waals surface area contributed by atoms with Crippen molar-refractivity contribution in [2.24, 2.45) is 0 Å². The average Bonchev–Trinajstić information content (AvgIpc) is 2.85. The van der Waals surface area contributed by atoms with Gasteiger partial charge < -0.3 is 15.1 Å². The molecular weight excluding hydrogens is 253 g/mol. The zero-order chi connectivity index (χ0) is 13.9. The van der Waals surface area contributed by atoms with Crippen LogP contribution in [0.25, 0.3) is 5.34 Å². The van der Waals surface area contributed by atoms with Crippen LogP contribution < -0.4 is 35.2 Å². The smallest absolute Gasteiger partial charge is 0.611 e. The quantitative estimate of drug-likeness (QED) is 0.623. The van der Waals surface area contributed by atoms with Crippen molar-refractivity contribution in [2.45, 2.75) is 0 Å². The van der Waals surface area contributed by atoms with Gasteiger partial charge in [-0.3, -0.25) is 5.43 Å². The van der Waals surface area contributed by atoms with Crippen molar-refractivity contribution in [2.75, 3.05) is 14.1 Å². The summed E-state index contributed by atoms with van der Waals surface area (Å²) in [6, 6.07) is 20.8. The maximum Gasteiger partial charge on any atom is 1.00 e. The van der Waals surface area contributed by atoms with Gasteiger partial charge in [0.15, 0.2) is 0 Å². The van der Waals surface area contributed by atoms with Gasteiger partial charge in [0.2, 0.25) is 0 Å². The fourth-order valence-corrected chi connectivity index (χ4v) is 2.70. The summed E-state index contributed by atoms with van der Waals surface area (Å²) in [5.74, 6) is 0. The van der Waals surface area contributed by atoms with Gasteiger partial charge in [-0.1, -0.05) is 66.1 Å². The van der Waals surface area contributed by atoms with Crippen LogP contribution >= 0.6 is 0 Å². The van der Waals surface area contributed by atoms with Gasteiger partial charge in [-0.15, -0.1) is 0 Å². The number of hydrazine groups is 1.